The van der Waals surface area contributed by atoms with Gasteiger partial charge in [-0.05, 0) is 36.8 Å². The SMILES string of the molecule is Cc1ccc(Cc2nc3cccnc3n2-c2ccccc2)cc1. The van der Waals surface area contributed by atoms with Crippen LogP contribution in [0.3, 0.4) is 0 Å². The van der Waals surface area contributed by atoms with Gasteiger partial charge in [0.05, 0.1) is 0 Å². The largest absolute Gasteiger partial charge is 0.280 e. The van der Waals surface area contributed by atoms with Crippen molar-refractivity contribution in [2.24, 2.45) is 0 Å². The van der Waals surface area contributed by atoms with Crippen LogP contribution in [0.15, 0.2) is 72.9 Å². The maximum atomic E-state index is 4.81. The second-order valence-corrected chi connectivity index (χ2v) is 5.71. The third-order valence-electron chi connectivity index (χ3n) is 3.98. The van der Waals surface area contributed by atoms with Crippen LogP contribution in [0.4, 0.5) is 0 Å². The van der Waals surface area contributed by atoms with Crippen molar-refractivity contribution >= 4 is 11.2 Å². The molecule has 4 rings (SSSR count). The minimum Gasteiger partial charge on any atom is -0.280 e. The molecule has 4 aromatic rings. The molecule has 0 aliphatic rings. The average Bonchev–Trinajstić information content (AvgIpc) is 2.95. The van der Waals surface area contributed by atoms with Crippen molar-refractivity contribution in [1.29, 1.82) is 0 Å². The molecule has 0 fully saturated rings. The van der Waals surface area contributed by atoms with Crippen molar-refractivity contribution in [3.63, 3.8) is 0 Å². The molecule has 0 aliphatic heterocycles. The van der Waals surface area contributed by atoms with E-state index in [0.29, 0.717) is 0 Å². The van der Waals surface area contributed by atoms with Crippen LogP contribution < -0.4 is 0 Å². The summed E-state index contributed by atoms with van der Waals surface area (Å²) in [5, 5.41) is 0. The van der Waals surface area contributed by atoms with Crippen LogP contribution in [-0.4, -0.2) is 14.5 Å². The molecule has 2 aromatic heterocycles. The van der Waals surface area contributed by atoms with Crippen LogP contribution in [0.25, 0.3) is 16.9 Å². The second-order valence-electron chi connectivity index (χ2n) is 5.71. The monoisotopic (exact) mass is 299 g/mol. The standard InChI is InChI=1S/C20H17N3/c1-15-9-11-16(12-10-15)14-19-22-18-8-5-13-21-20(18)23(19)17-6-3-2-4-7-17/h2-13H,14H2,1H3. The molecule has 0 atom stereocenters. The summed E-state index contributed by atoms with van der Waals surface area (Å²) >= 11 is 0. The Labute approximate surface area is 135 Å². The van der Waals surface area contributed by atoms with Crippen LogP contribution in [0.1, 0.15) is 17.0 Å². The lowest BCUT2D eigenvalue weighted by Crippen LogP contribution is -2.03. The van der Waals surface area contributed by atoms with Gasteiger partial charge in [0.25, 0.3) is 0 Å². The van der Waals surface area contributed by atoms with Gasteiger partial charge < -0.3 is 0 Å². The van der Waals surface area contributed by atoms with Crippen LogP contribution in [-0.2, 0) is 6.42 Å². The van der Waals surface area contributed by atoms with Gasteiger partial charge in [-0.15, -0.1) is 0 Å². The van der Waals surface area contributed by atoms with E-state index in [9.17, 15) is 0 Å². The van der Waals surface area contributed by atoms with Gasteiger partial charge in [0.15, 0.2) is 5.65 Å². The number of hydrogen-bond donors (Lipinski definition) is 0. The molecule has 0 spiro atoms. The number of nitrogens with zero attached hydrogens (tertiary/aromatic N) is 3. The fourth-order valence-corrected chi connectivity index (χ4v) is 2.81. The van der Waals surface area contributed by atoms with E-state index >= 15 is 0 Å². The second kappa shape index (κ2) is 5.69. The van der Waals surface area contributed by atoms with Crippen LogP contribution in [0, 0.1) is 6.92 Å². The lowest BCUT2D eigenvalue weighted by molar-refractivity contribution is 0.924. The molecule has 0 bridgehead atoms. The van der Waals surface area contributed by atoms with Crippen molar-refractivity contribution in [3.8, 4) is 5.69 Å². The predicted molar refractivity (Wildman–Crippen MR) is 92.9 cm³/mol. The molecule has 0 saturated carbocycles. The van der Waals surface area contributed by atoms with Gasteiger partial charge in [0.1, 0.15) is 11.3 Å². The maximum absolute atomic E-state index is 4.81. The van der Waals surface area contributed by atoms with Crippen molar-refractivity contribution in [2.45, 2.75) is 13.3 Å². The minimum atomic E-state index is 0.783. The highest BCUT2D eigenvalue weighted by molar-refractivity contribution is 5.73. The molecule has 0 amide bonds. The number of benzene rings is 2. The number of aromatic nitrogens is 3. The minimum absolute atomic E-state index is 0.783. The highest BCUT2D eigenvalue weighted by Gasteiger charge is 2.13. The molecule has 0 radical (unpaired) electrons. The fraction of sp³-hybridized carbons (Fsp3) is 0.100. The van der Waals surface area contributed by atoms with E-state index in [1.54, 1.807) is 0 Å². The number of imidazole rings is 1. The Kier molecular flexibility index (Phi) is 3.39. The van der Waals surface area contributed by atoms with Gasteiger partial charge in [0, 0.05) is 18.3 Å². The molecule has 2 heterocycles. The summed E-state index contributed by atoms with van der Waals surface area (Å²) in [5.74, 6) is 1.01. The third kappa shape index (κ3) is 2.61. The highest BCUT2D eigenvalue weighted by Crippen LogP contribution is 2.21. The van der Waals surface area contributed by atoms with E-state index in [1.807, 2.05) is 36.5 Å². The van der Waals surface area contributed by atoms with Gasteiger partial charge in [-0.2, -0.15) is 0 Å². The lowest BCUT2D eigenvalue weighted by atomic mass is 10.1. The Morgan fingerprint density at radius 3 is 2.43 bits per heavy atom. The van der Waals surface area contributed by atoms with Gasteiger partial charge in [-0.1, -0.05) is 48.0 Å². The van der Waals surface area contributed by atoms with Gasteiger partial charge in [-0.25, -0.2) is 9.97 Å². The van der Waals surface area contributed by atoms with E-state index in [1.165, 1.54) is 11.1 Å². The Morgan fingerprint density at radius 1 is 0.870 bits per heavy atom. The van der Waals surface area contributed by atoms with E-state index in [2.05, 4.69) is 52.9 Å². The zero-order valence-electron chi connectivity index (χ0n) is 13.0. The summed E-state index contributed by atoms with van der Waals surface area (Å²) in [4.78, 5) is 9.34. The molecular weight excluding hydrogens is 282 g/mol. The lowest BCUT2D eigenvalue weighted by Gasteiger charge is -2.09. The quantitative estimate of drug-likeness (QED) is 0.564. The van der Waals surface area contributed by atoms with E-state index in [4.69, 9.17) is 4.98 Å². The molecular formula is C20H17N3. The van der Waals surface area contributed by atoms with E-state index in [-0.39, 0.29) is 0 Å². The molecule has 3 heteroatoms. The third-order valence-corrected chi connectivity index (χ3v) is 3.98. The molecule has 0 aliphatic carbocycles. The molecule has 3 nitrogen and oxygen atoms in total. The van der Waals surface area contributed by atoms with Crippen LogP contribution in [0.2, 0.25) is 0 Å². The highest BCUT2D eigenvalue weighted by atomic mass is 15.1. The smallest absolute Gasteiger partial charge is 0.164 e. The fourth-order valence-electron chi connectivity index (χ4n) is 2.81. The number of aryl methyl sites for hydroxylation is 1. The number of fused-ring (bicyclic) bond motifs is 1. The topological polar surface area (TPSA) is 30.7 Å². The van der Waals surface area contributed by atoms with Crippen molar-refractivity contribution in [1.82, 2.24) is 14.5 Å². The van der Waals surface area contributed by atoms with Crippen molar-refractivity contribution in [2.75, 3.05) is 0 Å². The van der Waals surface area contributed by atoms with Gasteiger partial charge in [-0.3, -0.25) is 4.57 Å². The average molecular weight is 299 g/mol. The Balaban J connectivity index is 1.87. The summed E-state index contributed by atoms with van der Waals surface area (Å²) in [6.07, 6.45) is 2.60. The number of rotatable bonds is 3. The first-order valence-electron chi connectivity index (χ1n) is 7.74. The molecule has 2 aromatic carbocycles. The predicted octanol–water partition coefficient (Wildman–Crippen LogP) is 4.32. The zero-order valence-corrected chi connectivity index (χ0v) is 13.0. The number of pyridine rings is 1. The summed E-state index contributed by atoms with van der Waals surface area (Å²) in [7, 11) is 0. The van der Waals surface area contributed by atoms with Crippen molar-refractivity contribution < 1.29 is 0 Å². The molecule has 23 heavy (non-hydrogen) atoms. The van der Waals surface area contributed by atoms with E-state index in [0.717, 1.165) is 29.1 Å². The summed E-state index contributed by atoms with van der Waals surface area (Å²) in [6, 6.07) is 22.8. The number of para-hydroxylation sites is 1. The first-order valence-corrected chi connectivity index (χ1v) is 7.74. The number of hydrogen-bond acceptors (Lipinski definition) is 2. The van der Waals surface area contributed by atoms with Crippen molar-refractivity contribution in [3.05, 3.63) is 89.9 Å². The van der Waals surface area contributed by atoms with Crippen LogP contribution in [0.5, 0.6) is 0 Å². The Morgan fingerprint density at radius 2 is 1.65 bits per heavy atom. The molecule has 0 unspecified atom stereocenters. The normalized spacial score (nSPS) is 11.0. The summed E-state index contributed by atoms with van der Waals surface area (Å²) < 4.78 is 2.15. The van der Waals surface area contributed by atoms with E-state index < -0.39 is 0 Å². The first kappa shape index (κ1) is 13.7. The summed E-state index contributed by atoms with van der Waals surface area (Å²) in [5.41, 5.74) is 5.45. The Bertz CT molecular complexity index is 938. The zero-order chi connectivity index (χ0) is 15.6. The molecule has 112 valence electrons. The molecule has 0 saturated heterocycles. The Hall–Kier alpha value is -2.94. The van der Waals surface area contributed by atoms with Gasteiger partial charge >= 0.3 is 0 Å². The maximum Gasteiger partial charge on any atom is 0.164 e. The molecule has 0 N–H and O–H groups in total. The first-order chi connectivity index (χ1) is 11.3. The summed E-state index contributed by atoms with van der Waals surface area (Å²) in [6.45, 7) is 2.10. The van der Waals surface area contributed by atoms with Gasteiger partial charge in [0.2, 0.25) is 0 Å². The van der Waals surface area contributed by atoms with Crippen LogP contribution >= 0.6 is 0 Å².